The Bertz CT molecular complexity index is 1130. The normalized spacial score (nSPS) is 12.4. The van der Waals surface area contributed by atoms with Crippen LogP contribution < -0.4 is 9.47 Å². The van der Waals surface area contributed by atoms with E-state index in [2.05, 4.69) is 27.0 Å². The van der Waals surface area contributed by atoms with Crippen molar-refractivity contribution in [1.29, 1.82) is 0 Å². The molecule has 40 heavy (non-hydrogen) atoms. The van der Waals surface area contributed by atoms with E-state index in [1.807, 2.05) is 48.5 Å². The highest BCUT2D eigenvalue weighted by Gasteiger charge is 2.21. The van der Waals surface area contributed by atoms with E-state index >= 15 is 0 Å². The lowest BCUT2D eigenvalue weighted by molar-refractivity contribution is -0.145. The highest BCUT2D eigenvalue weighted by atomic mass is 16.6. The molecule has 6 nitrogen and oxygen atoms in total. The minimum atomic E-state index is -0.450. The summed E-state index contributed by atoms with van der Waals surface area (Å²) in [6, 6.07) is 15.9. The molecule has 2 atom stereocenters. The lowest BCUT2D eigenvalue weighted by Gasteiger charge is -2.22. The van der Waals surface area contributed by atoms with Crippen LogP contribution in [-0.4, -0.2) is 37.4 Å². The summed E-state index contributed by atoms with van der Waals surface area (Å²) in [5, 5.41) is 3.57. The molecule has 0 aliphatic heterocycles. The fourth-order valence-corrected chi connectivity index (χ4v) is 4.73. The largest absolute Gasteiger partial charge is 0.488 e. The van der Waals surface area contributed by atoms with Gasteiger partial charge in [0.1, 0.15) is 36.9 Å². The van der Waals surface area contributed by atoms with Crippen molar-refractivity contribution in [2.45, 2.75) is 77.4 Å². The number of hydrogen-bond acceptors (Lipinski definition) is 6. The quantitative estimate of drug-likeness (QED) is 0.0695. The molecule has 0 bridgehead atoms. The maximum atomic E-state index is 12.0. The highest BCUT2D eigenvalue weighted by Crippen LogP contribution is 2.43. The molecule has 0 aliphatic rings. The molecule has 0 heterocycles. The molecule has 0 radical (unpaired) electrons. The third-order valence-corrected chi connectivity index (χ3v) is 6.82. The zero-order valence-electron chi connectivity index (χ0n) is 23.9. The van der Waals surface area contributed by atoms with Gasteiger partial charge in [0.2, 0.25) is 0 Å². The Labute approximate surface area is 237 Å². The van der Waals surface area contributed by atoms with Gasteiger partial charge < -0.3 is 18.9 Å². The summed E-state index contributed by atoms with van der Waals surface area (Å²) < 4.78 is 24.1. The predicted molar refractivity (Wildman–Crippen MR) is 161 cm³/mol. The number of benzene rings is 3. The van der Waals surface area contributed by atoms with Gasteiger partial charge in [0.25, 0.3) is 0 Å². The minimum Gasteiger partial charge on any atom is -0.488 e. The van der Waals surface area contributed by atoms with Crippen LogP contribution in [0.5, 0.6) is 11.5 Å². The number of unbranched alkanes of at least 4 members (excludes halogenated alkanes) is 4. The van der Waals surface area contributed by atoms with Crippen LogP contribution in [0, 0.1) is 0 Å². The second-order valence-corrected chi connectivity index (χ2v) is 9.89. The standard InChI is InChI=1S/C34H42O6/c1-5-9-11-17-25(39-31(35)7-3)23-37-33-27-19-13-15-21-29(27)34(30-22-16-14-20-28(30)33)38-24-26(18-12-10-6-2)40-32(36)8-4/h7-8,13-16,19-22,25-26H,3-6,9-12,17-18,23-24H2,1-2H3. The smallest absolute Gasteiger partial charge is 0.330 e. The van der Waals surface area contributed by atoms with Gasteiger partial charge in [-0.3, -0.25) is 0 Å². The zero-order valence-corrected chi connectivity index (χ0v) is 23.9. The van der Waals surface area contributed by atoms with Gasteiger partial charge in [-0.2, -0.15) is 0 Å². The van der Waals surface area contributed by atoms with Gasteiger partial charge in [0.05, 0.1) is 0 Å². The van der Waals surface area contributed by atoms with Gasteiger partial charge in [-0.1, -0.05) is 101 Å². The molecule has 3 aromatic carbocycles. The van der Waals surface area contributed by atoms with Crippen LogP contribution in [0.15, 0.2) is 73.8 Å². The maximum absolute atomic E-state index is 12.0. The Morgan fingerprint density at radius 1 is 0.650 bits per heavy atom. The zero-order chi connectivity index (χ0) is 28.7. The van der Waals surface area contributed by atoms with Crippen LogP contribution in [0.4, 0.5) is 0 Å². The van der Waals surface area contributed by atoms with Crippen molar-refractivity contribution < 1.29 is 28.5 Å². The van der Waals surface area contributed by atoms with Crippen LogP contribution in [-0.2, 0) is 19.1 Å². The molecule has 0 saturated carbocycles. The number of hydrogen-bond donors (Lipinski definition) is 0. The third-order valence-electron chi connectivity index (χ3n) is 6.82. The number of ether oxygens (including phenoxy) is 4. The SMILES string of the molecule is C=CC(=O)OC(CCCCC)COc1c2ccccc2c(OCC(CCCCC)OC(=O)C=C)c2ccccc12. The first-order valence-corrected chi connectivity index (χ1v) is 14.4. The highest BCUT2D eigenvalue weighted by molar-refractivity contribution is 6.11. The number of fused-ring (bicyclic) bond motifs is 2. The average Bonchev–Trinajstić information content (AvgIpc) is 2.98. The van der Waals surface area contributed by atoms with Crippen molar-refractivity contribution in [3.8, 4) is 11.5 Å². The Balaban J connectivity index is 1.94. The van der Waals surface area contributed by atoms with Gasteiger partial charge >= 0.3 is 11.9 Å². The number of carbonyl (C=O) groups is 2. The number of carbonyl (C=O) groups excluding carboxylic acids is 2. The molecule has 0 fully saturated rings. The Hall–Kier alpha value is -3.80. The van der Waals surface area contributed by atoms with Gasteiger partial charge in [0, 0.05) is 33.7 Å². The Kier molecular flexibility index (Phi) is 12.6. The van der Waals surface area contributed by atoms with E-state index in [4.69, 9.17) is 18.9 Å². The van der Waals surface area contributed by atoms with E-state index in [-0.39, 0.29) is 25.4 Å². The summed E-state index contributed by atoms with van der Waals surface area (Å²) in [7, 11) is 0. The van der Waals surface area contributed by atoms with Crippen molar-refractivity contribution in [2.75, 3.05) is 13.2 Å². The number of esters is 2. The van der Waals surface area contributed by atoms with E-state index in [0.29, 0.717) is 24.3 Å². The van der Waals surface area contributed by atoms with E-state index in [0.717, 1.165) is 60.1 Å². The fourth-order valence-electron chi connectivity index (χ4n) is 4.73. The van der Waals surface area contributed by atoms with Crippen LogP contribution in [0.1, 0.15) is 65.2 Å². The molecule has 0 saturated heterocycles. The molecule has 3 rings (SSSR count). The lowest BCUT2D eigenvalue weighted by atomic mass is 10.0. The minimum absolute atomic E-state index is 0.231. The summed E-state index contributed by atoms with van der Waals surface area (Å²) >= 11 is 0. The van der Waals surface area contributed by atoms with Crippen molar-refractivity contribution in [3.63, 3.8) is 0 Å². The molecule has 0 amide bonds. The Morgan fingerprint density at radius 2 is 1.00 bits per heavy atom. The first kappa shape index (κ1) is 30.7. The predicted octanol–water partition coefficient (Wildman–Crippen LogP) is 8.11. The number of rotatable bonds is 18. The van der Waals surface area contributed by atoms with Crippen LogP contribution >= 0.6 is 0 Å². The first-order valence-electron chi connectivity index (χ1n) is 14.4. The fraction of sp³-hybridized carbons (Fsp3) is 0.412. The first-order chi connectivity index (χ1) is 19.5. The molecular formula is C34H42O6. The van der Waals surface area contributed by atoms with Crippen LogP contribution in [0.25, 0.3) is 21.5 Å². The molecule has 2 unspecified atom stereocenters. The van der Waals surface area contributed by atoms with Crippen molar-refractivity contribution >= 4 is 33.5 Å². The van der Waals surface area contributed by atoms with Crippen molar-refractivity contribution in [1.82, 2.24) is 0 Å². The second kappa shape index (κ2) is 16.3. The van der Waals surface area contributed by atoms with E-state index < -0.39 is 11.9 Å². The second-order valence-electron chi connectivity index (χ2n) is 9.89. The topological polar surface area (TPSA) is 71.1 Å². The van der Waals surface area contributed by atoms with Gasteiger partial charge in [-0.15, -0.1) is 0 Å². The summed E-state index contributed by atoms with van der Waals surface area (Å²) in [6.45, 7) is 11.8. The van der Waals surface area contributed by atoms with E-state index in [9.17, 15) is 9.59 Å². The molecular weight excluding hydrogens is 504 g/mol. The molecule has 6 heteroatoms. The molecule has 214 valence electrons. The van der Waals surface area contributed by atoms with Crippen LogP contribution in [0.3, 0.4) is 0 Å². The summed E-state index contributed by atoms with van der Waals surface area (Å²) in [5.41, 5.74) is 0. The van der Waals surface area contributed by atoms with Crippen molar-refractivity contribution in [3.05, 3.63) is 73.8 Å². The van der Waals surface area contributed by atoms with Gasteiger partial charge in [0.15, 0.2) is 0 Å². The van der Waals surface area contributed by atoms with Crippen LogP contribution in [0.2, 0.25) is 0 Å². The average molecular weight is 547 g/mol. The van der Waals surface area contributed by atoms with E-state index in [1.54, 1.807) is 0 Å². The third kappa shape index (κ3) is 8.60. The molecule has 0 aromatic heterocycles. The summed E-state index contributed by atoms with van der Waals surface area (Å²) in [5.74, 6) is 0.529. The summed E-state index contributed by atoms with van der Waals surface area (Å²) in [6.07, 6.45) is 9.19. The van der Waals surface area contributed by atoms with E-state index in [1.165, 1.54) is 12.2 Å². The molecule has 0 aliphatic carbocycles. The van der Waals surface area contributed by atoms with Crippen molar-refractivity contribution in [2.24, 2.45) is 0 Å². The molecule has 0 spiro atoms. The van der Waals surface area contributed by atoms with Gasteiger partial charge in [-0.05, 0) is 25.7 Å². The molecule has 3 aromatic rings. The molecule has 0 N–H and O–H groups in total. The maximum Gasteiger partial charge on any atom is 0.330 e. The Morgan fingerprint density at radius 3 is 1.30 bits per heavy atom. The summed E-state index contributed by atoms with van der Waals surface area (Å²) in [4.78, 5) is 24.0. The monoisotopic (exact) mass is 546 g/mol. The lowest BCUT2D eigenvalue weighted by Crippen LogP contribution is -2.25. The van der Waals surface area contributed by atoms with Gasteiger partial charge in [-0.25, -0.2) is 9.59 Å².